The number of hydrogen-bond donors (Lipinski definition) is 1. The monoisotopic (exact) mass is 641 g/mol. The van der Waals surface area contributed by atoms with Crippen molar-refractivity contribution < 1.29 is 22.4 Å². The van der Waals surface area contributed by atoms with E-state index in [2.05, 4.69) is 5.32 Å². The molecule has 0 saturated heterocycles. The van der Waals surface area contributed by atoms with Gasteiger partial charge in [-0.3, -0.25) is 13.9 Å². The van der Waals surface area contributed by atoms with E-state index in [9.17, 15) is 22.4 Å². The number of sulfonamides is 1. The second kappa shape index (κ2) is 14.4. The van der Waals surface area contributed by atoms with E-state index in [-0.39, 0.29) is 45.2 Å². The van der Waals surface area contributed by atoms with Crippen LogP contribution in [0.3, 0.4) is 0 Å². The van der Waals surface area contributed by atoms with E-state index in [0.29, 0.717) is 6.54 Å². The van der Waals surface area contributed by atoms with E-state index >= 15 is 0 Å². The van der Waals surface area contributed by atoms with Crippen LogP contribution < -0.4 is 9.62 Å². The van der Waals surface area contributed by atoms with Crippen LogP contribution in [-0.2, 0) is 32.6 Å². The lowest BCUT2D eigenvalue weighted by Crippen LogP contribution is -2.53. The molecule has 3 aromatic rings. The first-order chi connectivity index (χ1) is 19.3. The van der Waals surface area contributed by atoms with Crippen LogP contribution in [0.1, 0.15) is 25.0 Å². The zero-order valence-electron chi connectivity index (χ0n) is 22.8. The highest BCUT2D eigenvalue weighted by molar-refractivity contribution is 7.92. The molecule has 0 aromatic heterocycles. The Kier molecular flexibility index (Phi) is 11.4. The number of hydrogen-bond acceptors (Lipinski definition) is 4. The van der Waals surface area contributed by atoms with E-state index in [1.807, 2.05) is 32.0 Å². The van der Waals surface area contributed by atoms with Crippen molar-refractivity contribution in [1.82, 2.24) is 10.2 Å². The summed E-state index contributed by atoms with van der Waals surface area (Å²) in [4.78, 5) is 28.8. The van der Waals surface area contributed by atoms with E-state index in [4.69, 9.17) is 34.8 Å². The van der Waals surface area contributed by atoms with Crippen LogP contribution >= 0.6 is 34.8 Å². The summed E-state index contributed by atoms with van der Waals surface area (Å²) < 4.78 is 41.4. The fourth-order valence-electron chi connectivity index (χ4n) is 4.08. The Morgan fingerprint density at radius 1 is 0.927 bits per heavy atom. The number of benzene rings is 3. The summed E-state index contributed by atoms with van der Waals surface area (Å²) in [6.07, 6.45) is 1.02. The molecule has 0 heterocycles. The molecular weight excluding hydrogens is 612 g/mol. The van der Waals surface area contributed by atoms with Gasteiger partial charge in [-0.15, -0.1) is 0 Å². The predicted octanol–water partition coefficient (Wildman–Crippen LogP) is 5.96. The predicted molar refractivity (Wildman–Crippen MR) is 162 cm³/mol. The van der Waals surface area contributed by atoms with Crippen LogP contribution in [0.15, 0.2) is 66.7 Å². The van der Waals surface area contributed by atoms with E-state index in [1.54, 1.807) is 18.2 Å². The molecule has 0 spiro atoms. The first-order valence-corrected chi connectivity index (χ1v) is 15.7. The maximum absolute atomic E-state index is 14.8. The number of nitrogens with one attached hydrogen (secondary N) is 1. The summed E-state index contributed by atoms with van der Waals surface area (Å²) in [5.74, 6) is -1.64. The van der Waals surface area contributed by atoms with Crippen molar-refractivity contribution in [2.45, 2.75) is 32.9 Å². The molecule has 1 unspecified atom stereocenters. The second-order valence-electron chi connectivity index (χ2n) is 9.94. The zero-order chi connectivity index (χ0) is 30.3. The molecule has 0 radical (unpaired) electrons. The quantitative estimate of drug-likeness (QED) is 0.247. The standard InChI is InChI=1S/C29H31Cl3FN3O4S/c1-19(2)16-34-29(38)27(13-20-9-5-4-6-10-20)35(17-21-11-7-8-12-25(21)33)28(37)18-36(41(3,39)40)26-15-23(31)22(30)14-24(26)32/h4-12,14-15,19,27H,13,16-18H2,1-3H3,(H,34,38). The Labute approximate surface area is 255 Å². The molecule has 220 valence electrons. The first kappa shape index (κ1) is 32.7. The molecule has 0 fully saturated rings. The molecule has 3 aromatic carbocycles. The Balaban J connectivity index is 2.10. The van der Waals surface area contributed by atoms with Crippen LogP contribution in [0.4, 0.5) is 10.1 Å². The van der Waals surface area contributed by atoms with Gasteiger partial charge in [0.15, 0.2) is 0 Å². The molecule has 1 atom stereocenters. The largest absolute Gasteiger partial charge is 0.354 e. The van der Waals surface area contributed by atoms with Crippen LogP contribution in [0, 0.1) is 11.7 Å². The van der Waals surface area contributed by atoms with E-state index in [0.717, 1.165) is 16.1 Å². The van der Waals surface area contributed by atoms with Gasteiger partial charge in [-0.05, 0) is 29.7 Å². The average molecular weight is 643 g/mol. The smallest absolute Gasteiger partial charge is 0.244 e. The summed E-state index contributed by atoms with van der Waals surface area (Å²) in [7, 11) is -4.08. The van der Waals surface area contributed by atoms with Crippen molar-refractivity contribution in [3.05, 3.63) is 98.7 Å². The minimum absolute atomic E-state index is 0.0328. The number of amides is 2. The summed E-state index contributed by atoms with van der Waals surface area (Å²) in [6, 6.07) is 16.4. The summed E-state index contributed by atoms with van der Waals surface area (Å²) >= 11 is 18.5. The molecule has 0 bridgehead atoms. The van der Waals surface area contributed by atoms with Gasteiger partial charge in [0.2, 0.25) is 21.8 Å². The molecule has 1 N–H and O–H groups in total. The van der Waals surface area contributed by atoms with Gasteiger partial charge in [0.1, 0.15) is 18.4 Å². The molecule has 2 amide bonds. The SMILES string of the molecule is CC(C)CNC(=O)C(Cc1ccccc1)N(Cc1ccccc1F)C(=O)CN(c1cc(Cl)c(Cl)cc1Cl)S(C)(=O)=O. The number of halogens is 4. The lowest BCUT2D eigenvalue weighted by Gasteiger charge is -2.34. The van der Waals surface area contributed by atoms with Crippen molar-refractivity contribution in [3.63, 3.8) is 0 Å². The van der Waals surface area contributed by atoms with Crippen molar-refractivity contribution in [3.8, 4) is 0 Å². The van der Waals surface area contributed by atoms with Gasteiger partial charge in [-0.2, -0.15) is 0 Å². The van der Waals surface area contributed by atoms with Gasteiger partial charge in [0.05, 0.1) is 27.0 Å². The molecule has 0 aliphatic carbocycles. The number of nitrogens with zero attached hydrogens (tertiary/aromatic N) is 2. The Morgan fingerprint density at radius 3 is 2.15 bits per heavy atom. The number of carbonyl (C=O) groups excluding carboxylic acids is 2. The zero-order valence-corrected chi connectivity index (χ0v) is 25.9. The molecule has 0 saturated carbocycles. The van der Waals surface area contributed by atoms with Crippen LogP contribution in [-0.4, -0.2) is 50.5 Å². The van der Waals surface area contributed by atoms with Gasteiger partial charge >= 0.3 is 0 Å². The van der Waals surface area contributed by atoms with Crippen molar-refractivity contribution in [1.29, 1.82) is 0 Å². The van der Waals surface area contributed by atoms with Crippen LogP contribution in [0.25, 0.3) is 0 Å². The normalized spacial score (nSPS) is 12.2. The molecule has 12 heteroatoms. The average Bonchev–Trinajstić information content (AvgIpc) is 2.91. The third kappa shape index (κ3) is 9.07. The molecule has 7 nitrogen and oxygen atoms in total. The number of anilines is 1. The van der Waals surface area contributed by atoms with Gasteiger partial charge in [0, 0.05) is 25.1 Å². The minimum Gasteiger partial charge on any atom is -0.354 e. The maximum atomic E-state index is 14.8. The van der Waals surface area contributed by atoms with Gasteiger partial charge in [-0.1, -0.05) is 97.2 Å². The van der Waals surface area contributed by atoms with E-state index < -0.39 is 40.2 Å². The highest BCUT2D eigenvalue weighted by Crippen LogP contribution is 2.35. The Bertz CT molecular complexity index is 1490. The second-order valence-corrected chi connectivity index (χ2v) is 13.1. The van der Waals surface area contributed by atoms with Crippen molar-refractivity contribution >= 4 is 62.3 Å². The third-order valence-corrected chi connectivity index (χ3v) is 8.34. The maximum Gasteiger partial charge on any atom is 0.244 e. The molecule has 3 rings (SSSR count). The van der Waals surface area contributed by atoms with E-state index in [1.165, 1.54) is 35.2 Å². The molecule has 0 aliphatic rings. The van der Waals surface area contributed by atoms with Gasteiger partial charge in [-0.25, -0.2) is 12.8 Å². The summed E-state index contributed by atoms with van der Waals surface area (Å²) in [5, 5.41) is 2.95. The number of carbonyl (C=O) groups is 2. The van der Waals surface area contributed by atoms with Gasteiger partial charge in [0.25, 0.3) is 0 Å². The fraction of sp³-hybridized carbons (Fsp3) is 0.310. The van der Waals surface area contributed by atoms with Crippen LogP contribution in [0.2, 0.25) is 15.1 Å². The highest BCUT2D eigenvalue weighted by atomic mass is 35.5. The lowest BCUT2D eigenvalue weighted by atomic mass is 10.0. The number of rotatable bonds is 12. The molecule has 41 heavy (non-hydrogen) atoms. The fourth-order valence-corrected chi connectivity index (χ4v) is 5.63. The van der Waals surface area contributed by atoms with Gasteiger partial charge < -0.3 is 10.2 Å². The first-order valence-electron chi connectivity index (χ1n) is 12.7. The Hall–Kier alpha value is -2.85. The lowest BCUT2D eigenvalue weighted by molar-refractivity contribution is -0.140. The summed E-state index contributed by atoms with van der Waals surface area (Å²) in [6.45, 7) is 3.19. The Morgan fingerprint density at radius 2 is 1.54 bits per heavy atom. The third-order valence-electron chi connectivity index (χ3n) is 6.19. The molecule has 0 aliphatic heterocycles. The topological polar surface area (TPSA) is 86.8 Å². The minimum atomic E-state index is -4.08. The van der Waals surface area contributed by atoms with Crippen LogP contribution in [0.5, 0.6) is 0 Å². The molecular formula is C29H31Cl3FN3O4S. The van der Waals surface area contributed by atoms with Crippen molar-refractivity contribution in [2.75, 3.05) is 23.7 Å². The summed E-state index contributed by atoms with van der Waals surface area (Å²) in [5.41, 5.74) is 0.858. The van der Waals surface area contributed by atoms with Crippen molar-refractivity contribution in [2.24, 2.45) is 5.92 Å². The highest BCUT2D eigenvalue weighted by Gasteiger charge is 2.34.